The van der Waals surface area contributed by atoms with Crippen LogP contribution in [0.25, 0.3) is 0 Å². The molecule has 1 N–H and O–H groups in total. The summed E-state index contributed by atoms with van der Waals surface area (Å²) in [7, 11) is -3.60. The highest BCUT2D eigenvalue weighted by molar-refractivity contribution is 7.93. The van der Waals surface area contributed by atoms with Gasteiger partial charge in [-0.1, -0.05) is 18.2 Å². The van der Waals surface area contributed by atoms with E-state index in [1.165, 1.54) is 15.6 Å². The van der Waals surface area contributed by atoms with Crippen LogP contribution < -0.4 is 4.31 Å². The predicted molar refractivity (Wildman–Crippen MR) is 86.5 cm³/mol. The Labute approximate surface area is 129 Å². The van der Waals surface area contributed by atoms with E-state index in [4.69, 9.17) is 5.11 Å². The van der Waals surface area contributed by atoms with Crippen molar-refractivity contribution in [2.45, 2.75) is 25.2 Å². The molecule has 0 bridgehead atoms. The van der Waals surface area contributed by atoms with E-state index in [1.807, 2.05) is 32.0 Å². The standard InChI is InChI=1S/C15H19NO3S2/c1-12-11-15(13(2)20-12)21(18,19)16(9-6-10-17)14-7-4-3-5-8-14/h3-5,7-8,11,17H,6,9-10H2,1-2H3. The van der Waals surface area contributed by atoms with Gasteiger partial charge in [0.2, 0.25) is 0 Å². The average Bonchev–Trinajstić information content (AvgIpc) is 2.80. The smallest absolute Gasteiger partial charge is 0.265 e. The van der Waals surface area contributed by atoms with Crippen LogP contribution in [0.1, 0.15) is 16.2 Å². The minimum atomic E-state index is -3.60. The van der Waals surface area contributed by atoms with Gasteiger partial charge in [0.1, 0.15) is 4.90 Å². The largest absolute Gasteiger partial charge is 0.396 e. The van der Waals surface area contributed by atoms with Gasteiger partial charge < -0.3 is 5.11 Å². The summed E-state index contributed by atoms with van der Waals surface area (Å²) in [6, 6.07) is 10.7. The number of para-hydroxylation sites is 1. The van der Waals surface area contributed by atoms with Crippen LogP contribution in [0.15, 0.2) is 41.3 Å². The Hall–Kier alpha value is -1.37. The normalized spacial score (nSPS) is 11.6. The fourth-order valence-electron chi connectivity index (χ4n) is 2.18. The monoisotopic (exact) mass is 325 g/mol. The van der Waals surface area contributed by atoms with E-state index in [9.17, 15) is 8.42 Å². The zero-order valence-corrected chi connectivity index (χ0v) is 13.7. The Morgan fingerprint density at radius 2 is 1.86 bits per heavy atom. The van der Waals surface area contributed by atoms with Crippen LogP contribution in [-0.2, 0) is 10.0 Å². The van der Waals surface area contributed by atoms with Crippen molar-refractivity contribution in [2.24, 2.45) is 0 Å². The quantitative estimate of drug-likeness (QED) is 0.888. The van der Waals surface area contributed by atoms with E-state index in [0.717, 1.165) is 9.75 Å². The lowest BCUT2D eigenvalue weighted by Crippen LogP contribution is -2.32. The number of benzene rings is 1. The molecule has 0 spiro atoms. The first kappa shape index (κ1) is 16.0. The van der Waals surface area contributed by atoms with E-state index in [2.05, 4.69) is 0 Å². The van der Waals surface area contributed by atoms with Crippen LogP contribution in [0.5, 0.6) is 0 Å². The van der Waals surface area contributed by atoms with Crippen molar-refractivity contribution in [3.63, 3.8) is 0 Å². The summed E-state index contributed by atoms with van der Waals surface area (Å²) in [5, 5.41) is 9.04. The number of aliphatic hydroxyl groups excluding tert-OH is 1. The molecule has 4 nitrogen and oxygen atoms in total. The lowest BCUT2D eigenvalue weighted by molar-refractivity contribution is 0.291. The zero-order chi connectivity index (χ0) is 15.5. The molecule has 0 radical (unpaired) electrons. The maximum absolute atomic E-state index is 12.9. The lowest BCUT2D eigenvalue weighted by Gasteiger charge is -2.24. The molecule has 114 valence electrons. The molecule has 0 aliphatic carbocycles. The summed E-state index contributed by atoms with van der Waals surface area (Å²) in [4.78, 5) is 2.12. The third-order valence-corrected chi connectivity index (χ3v) is 6.18. The Morgan fingerprint density at radius 3 is 2.38 bits per heavy atom. The summed E-state index contributed by atoms with van der Waals surface area (Å²) < 4.78 is 27.2. The van der Waals surface area contributed by atoms with Gasteiger partial charge in [-0.2, -0.15) is 0 Å². The molecule has 1 aromatic carbocycles. The van der Waals surface area contributed by atoms with Gasteiger partial charge >= 0.3 is 0 Å². The molecule has 0 saturated heterocycles. The summed E-state index contributed by atoms with van der Waals surface area (Å²) in [6.45, 7) is 3.94. The van der Waals surface area contributed by atoms with E-state index >= 15 is 0 Å². The zero-order valence-electron chi connectivity index (χ0n) is 12.1. The summed E-state index contributed by atoms with van der Waals surface area (Å²) in [5.41, 5.74) is 0.620. The first-order valence-corrected chi connectivity index (χ1v) is 8.98. The highest BCUT2D eigenvalue weighted by Crippen LogP contribution is 2.30. The first-order chi connectivity index (χ1) is 9.96. The third-order valence-electron chi connectivity index (χ3n) is 3.13. The van der Waals surface area contributed by atoms with E-state index in [-0.39, 0.29) is 13.2 Å². The number of hydrogen-bond acceptors (Lipinski definition) is 4. The SMILES string of the molecule is Cc1cc(S(=O)(=O)N(CCCO)c2ccccc2)c(C)s1. The van der Waals surface area contributed by atoms with Crippen LogP contribution >= 0.6 is 11.3 Å². The molecule has 21 heavy (non-hydrogen) atoms. The molecule has 0 amide bonds. The molecule has 0 unspecified atom stereocenters. The summed E-state index contributed by atoms with van der Waals surface area (Å²) in [6.07, 6.45) is 0.399. The number of hydrogen-bond donors (Lipinski definition) is 1. The van der Waals surface area contributed by atoms with Gasteiger partial charge in [-0.3, -0.25) is 4.31 Å². The van der Waals surface area contributed by atoms with Gasteiger partial charge in [-0.15, -0.1) is 11.3 Å². The molecule has 1 aromatic heterocycles. The van der Waals surface area contributed by atoms with Crippen molar-refractivity contribution in [3.05, 3.63) is 46.2 Å². The maximum atomic E-state index is 12.9. The van der Waals surface area contributed by atoms with Crippen LogP contribution in [0, 0.1) is 13.8 Å². The molecular weight excluding hydrogens is 306 g/mol. The molecule has 2 rings (SSSR count). The second kappa shape index (κ2) is 6.60. The van der Waals surface area contributed by atoms with Gasteiger partial charge in [0.15, 0.2) is 0 Å². The Bertz CT molecular complexity index is 693. The molecule has 1 heterocycles. The van der Waals surface area contributed by atoms with E-state index < -0.39 is 10.0 Å². The van der Waals surface area contributed by atoms with Crippen molar-refractivity contribution < 1.29 is 13.5 Å². The average molecular weight is 325 g/mol. The van der Waals surface area contributed by atoms with E-state index in [0.29, 0.717) is 17.0 Å². The van der Waals surface area contributed by atoms with Gasteiger partial charge in [0.05, 0.1) is 5.69 Å². The molecular formula is C15H19NO3S2. The second-order valence-corrected chi connectivity index (χ2v) is 8.06. The fraction of sp³-hybridized carbons (Fsp3) is 0.333. The number of sulfonamides is 1. The van der Waals surface area contributed by atoms with E-state index in [1.54, 1.807) is 18.2 Å². The van der Waals surface area contributed by atoms with Gasteiger partial charge in [-0.05, 0) is 38.5 Å². The minimum absolute atomic E-state index is 0.0412. The molecule has 0 aliphatic rings. The topological polar surface area (TPSA) is 57.6 Å². The van der Waals surface area contributed by atoms with Gasteiger partial charge in [0, 0.05) is 22.9 Å². The summed E-state index contributed by atoms with van der Waals surface area (Å²) >= 11 is 1.48. The fourth-order valence-corrected chi connectivity index (χ4v) is 5.21. The summed E-state index contributed by atoms with van der Waals surface area (Å²) in [5.74, 6) is 0. The molecule has 6 heteroatoms. The highest BCUT2D eigenvalue weighted by atomic mass is 32.2. The molecule has 0 fully saturated rings. The predicted octanol–water partition coefficient (Wildman–Crippen LogP) is 2.94. The number of nitrogens with zero attached hydrogens (tertiary/aromatic N) is 1. The number of aryl methyl sites for hydroxylation is 2. The molecule has 2 aromatic rings. The van der Waals surface area contributed by atoms with Crippen LogP contribution in [0.2, 0.25) is 0 Å². The molecule has 0 atom stereocenters. The maximum Gasteiger partial charge on any atom is 0.265 e. The number of aliphatic hydroxyl groups is 1. The van der Waals surface area contributed by atoms with Gasteiger partial charge in [0.25, 0.3) is 10.0 Å². The number of anilines is 1. The number of thiophene rings is 1. The van der Waals surface area contributed by atoms with Crippen LogP contribution in [0.3, 0.4) is 0 Å². The van der Waals surface area contributed by atoms with Crippen molar-refractivity contribution in [1.29, 1.82) is 0 Å². The molecule has 0 saturated carbocycles. The second-order valence-electron chi connectivity index (χ2n) is 4.77. The van der Waals surface area contributed by atoms with Crippen LogP contribution in [0.4, 0.5) is 5.69 Å². The third kappa shape index (κ3) is 3.45. The molecule has 0 aliphatic heterocycles. The first-order valence-electron chi connectivity index (χ1n) is 6.72. The Morgan fingerprint density at radius 1 is 1.19 bits per heavy atom. The van der Waals surface area contributed by atoms with Crippen LogP contribution in [-0.4, -0.2) is 26.7 Å². The lowest BCUT2D eigenvalue weighted by atomic mass is 10.3. The van der Waals surface area contributed by atoms with Crippen molar-refractivity contribution in [1.82, 2.24) is 0 Å². The van der Waals surface area contributed by atoms with Crippen molar-refractivity contribution in [2.75, 3.05) is 17.5 Å². The highest BCUT2D eigenvalue weighted by Gasteiger charge is 2.27. The van der Waals surface area contributed by atoms with Gasteiger partial charge in [-0.25, -0.2) is 8.42 Å². The minimum Gasteiger partial charge on any atom is -0.396 e. The van der Waals surface area contributed by atoms with Crippen molar-refractivity contribution in [3.8, 4) is 0 Å². The van der Waals surface area contributed by atoms with Crippen molar-refractivity contribution >= 4 is 27.0 Å². The Kier molecular flexibility index (Phi) is 5.03. The number of rotatable bonds is 6. The Balaban J connectivity index is 2.47.